The standard InChI is InChI=1S/C49H30N2OS/c1-3-12-31(13-4-1)35-16-11-17-36(28-35)51(43-30-45-47(39-19-8-7-18-38(39)43)40-20-9-10-21-44(40)53-45)37-26-24-32-22-23-33-25-27-42-48(46(33)41(32)29-37)52-49(50-42)34-14-5-2-6-15-34/h1-30H. The second-order valence-corrected chi connectivity index (χ2v) is 14.6. The molecule has 0 bridgehead atoms. The van der Waals surface area contributed by atoms with Crippen LogP contribution in [0.3, 0.4) is 0 Å². The number of rotatable bonds is 5. The highest BCUT2D eigenvalue weighted by molar-refractivity contribution is 7.26. The van der Waals surface area contributed by atoms with Gasteiger partial charge in [-0.2, -0.15) is 0 Å². The first kappa shape index (κ1) is 29.9. The van der Waals surface area contributed by atoms with E-state index in [-0.39, 0.29) is 0 Å². The lowest BCUT2D eigenvalue weighted by molar-refractivity contribution is 0.623. The lowest BCUT2D eigenvalue weighted by Crippen LogP contribution is -2.10. The summed E-state index contributed by atoms with van der Waals surface area (Å²) >= 11 is 1.86. The van der Waals surface area contributed by atoms with Crippen LogP contribution in [0.25, 0.3) is 86.2 Å². The van der Waals surface area contributed by atoms with Crippen LogP contribution in [-0.4, -0.2) is 4.98 Å². The summed E-state index contributed by atoms with van der Waals surface area (Å²) < 4.78 is 9.19. The zero-order valence-electron chi connectivity index (χ0n) is 28.5. The summed E-state index contributed by atoms with van der Waals surface area (Å²) in [5, 5.41) is 9.53. The molecule has 0 spiro atoms. The average Bonchev–Trinajstić information content (AvgIpc) is 3.84. The van der Waals surface area contributed by atoms with Crippen molar-refractivity contribution in [3.05, 3.63) is 182 Å². The molecule has 0 saturated carbocycles. The molecule has 9 aromatic carbocycles. The molecule has 2 heterocycles. The fourth-order valence-corrected chi connectivity index (χ4v) is 9.15. The van der Waals surface area contributed by atoms with E-state index in [0.29, 0.717) is 5.89 Å². The maximum absolute atomic E-state index is 6.62. The van der Waals surface area contributed by atoms with Gasteiger partial charge in [-0.3, -0.25) is 0 Å². The predicted octanol–water partition coefficient (Wildman–Crippen LogP) is 14.5. The largest absolute Gasteiger partial charge is 0.435 e. The third-order valence-electron chi connectivity index (χ3n) is 10.4. The molecule has 0 fully saturated rings. The number of anilines is 3. The van der Waals surface area contributed by atoms with E-state index >= 15 is 0 Å². The number of hydrogen-bond donors (Lipinski definition) is 0. The van der Waals surface area contributed by atoms with Gasteiger partial charge < -0.3 is 9.32 Å². The third-order valence-corrected chi connectivity index (χ3v) is 11.6. The van der Waals surface area contributed by atoms with E-state index in [0.717, 1.165) is 55.3 Å². The van der Waals surface area contributed by atoms with Crippen molar-refractivity contribution in [1.82, 2.24) is 4.98 Å². The molecule has 11 rings (SSSR count). The van der Waals surface area contributed by atoms with E-state index in [1.807, 2.05) is 41.7 Å². The molecule has 0 unspecified atom stereocenters. The molecule has 0 N–H and O–H groups in total. The van der Waals surface area contributed by atoms with E-state index in [9.17, 15) is 0 Å². The zero-order valence-corrected chi connectivity index (χ0v) is 29.3. The first-order valence-corrected chi connectivity index (χ1v) is 18.7. The van der Waals surface area contributed by atoms with Gasteiger partial charge in [0, 0.05) is 47.9 Å². The Balaban J connectivity index is 1.20. The van der Waals surface area contributed by atoms with Crippen LogP contribution in [-0.2, 0) is 0 Å². The van der Waals surface area contributed by atoms with Gasteiger partial charge in [0.2, 0.25) is 5.89 Å². The molecule has 0 amide bonds. The minimum absolute atomic E-state index is 0.628. The van der Waals surface area contributed by atoms with Gasteiger partial charge in [0.25, 0.3) is 0 Å². The molecule has 53 heavy (non-hydrogen) atoms. The molecular formula is C49H30N2OS. The number of hydrogen-bond acceptors (Lipinski definition) is 4. The Bertz CT molecular complexity index is 3180. The molecule has 0 aliphatic carbocycles. The minimum atomic E-state index is 0.628. The first-order valence-electron chi connectivity index (χ1n) is 17.9. The van der Waals surface area contributed by atoms with Crippen LogP contribution in [0, 0.1) is 0 Å². The number of aromatic nitrogens is 1. The Hall–Kier alpha value is -6.75. The first-order chi connectivity index (χ1) is 26.3. The predicted molar refractivity (Wildman–Crippen MR) is 225 cm³/mol. The van der Waals surface area contributed by atoms with Crippen molar-refractivity contribution in [2.24, 2.45) is 0 Å². The van der Waals surface area contributed by atoms with Crippen LogP contribution >= 0.6 is 11.3 Å². The maximum atomic E-state index is 6.62. The number of oxazole rings is 1. The molecule has 0 saturated heterocycles. The number of nitrogens with zero attached hydrogens (tertiary/aromatic N) is 2. The van der Waals surface area contributed by atoms with Crippen molar-refractivity contribution in [1.29, 1.82) is 0 Å². The second-order valence-electron chi connectivity index (χ2n) is 13.5. The summed E-state index contributed by atoms with van der Waals surface area (Å²) in [5.41, 5.74) is 8.27. The van der Waals surface area contributed by atoms with E-state index in [2.05, 4.69) is 157 Å². The summed E-state index contributed by atoms with van der Waals surface area (Å²) in [6.45, 7) is 0. The second kappa shape index (κ2) is 11.9. The highest BCUT2D eigenvalue weighted by Gasteiger charge is 2.21. The molecule has 0 radical (unpaired) electrons. The van der Waals surface area contributed by atoms with Gasteiger partial charge in [0.05, 0.1) is 5.69 Å². The molecular weight excluding hydrogens is 665 g/mol. The van der Waals surface area contributed by atoms with Gasteiger partial charge in [0.15, 0.2) is 5.58 Å². The summed E-state index contributed by atoms with van der Waals surface area (Å²) in [5.74, 6) is 0.628. The van der Waals surface area contributed by atoms with Crippen molar-refractivity contribution in [3.63, 3.8) is 0 Å². The molecule has 0 aliphatic heterocycles. The average molecular weight is 695 g/mol. The highest BCUT2D eigenvalue weighted by Crippen LogP contribution is 2.47. The minimum Gasteiger partial charge on any atom is -0.435 e. The fraction of sp³-hybridized carbons (Fsp3) is 0. The van der Waals surface area contributed by atoms with Gasteiger partial charge in [-0.15, -0.1) is 11.3 Å². The van der Waals surface area contributed by atoms with Crippen molar-refractivity contribution in [2.75, 3.05) is 4.90 Å². The summed E-state index contributed by atoms with van der Waals surface area (Å²) in [6.07, 6.45) is 0. The highest BCUT2D eigenvalue weighted by atomic mass is 32.1. The topological polar surface area (TPSA) is 29.3 Å². The monoisotopic (exact) mass is 694 g/mol. The van der Waals surface area contributed by atoms with Crippen molar-refractivity contribution in [2.45, 2.75) is 0 Å². The molecule has 2 aromatic heterocycles. The van der Waals surface area contributed by atoms with Crippen LogP contribution in [0.5, 0.6) is 0 Å². The maximum Gasteiger partial charge on any atom is 0.227 e. The van der Waals surface area contributed by atoms with Crippen LogP contribution in [0.4, 0.5) is 17.1 Å². The van der Waals surface area contributed by atoms with Crippen LogP contribution in [0.1, 0.15) is 0 Å². The summed E-state index contributed by atoms with van der Waals surface area (Å²) in [7, 11) is 0. The van der Waals surface area contributed by atoms with Crippen LogP contribution in [0.2, 0.25) is 0 Å². The van der Waals surface area contributed by atoms with Gasteiger partial charge in [0.1, 0.15) is 5.52 Å². The SMILES string of the molecule is c1ccc(-c2cccc(N(c3ccc4ccc5ccc6nc(-c7ccccc7)oc6c5c4c3)c3cc4sc5ccccc5c4c4ccccc34)c2)cc1. The Morgan fingerprint density at radius 3 is 1.94 bits per heavy atom. The van der Waals surface area contributed by atoms with E-state index in [1.54, 1.807) is 0 Å². The van der Waals surface area contributed by atoms with E-state index < -0.39 is 0 Å². The number of fused-ring (bicyclic) bond motifs is 10. The molecule has 0 atom stereocenters. The van der Waals surface area contributed by atoms with Gasteiger partial charge in [-0.05, 0) is 87.3 Å². The Morgan fingerprint density at radius 2 is 1.09 bits per heavy atom. The molecule has 11 aromatic rings. The van der Waals surface area contributed by atoms with Crippen molar-refractivity contribution in [3.8, 4) is 22.6 Å². The summed E-state index contributed by atoms with van der Waals surface area (Å²) in [6, 6.07) is 65.1. The molecule has 0 aliphatic rings. The lowest BCUT2D eigenvalue weighted by Gasteiger charge is -2.28. The Kier molecular flexibility index (Phi) is 6.73. The van der Waals surface area contributed by atoms with Crippen LogP contribution < -0.4 is 4.90 Å². The quantitative estimate of drug-likeness (QED) is 0.168. The fourth-order valence-electron chi connectivity index (χ4n) is 7.99. The molecule has 4 heteroatoms. The normalized spacial score (nSPS) is 11.8. The van der Waals surface area contributed by atoms with E-state index in [1.165, 1.54) is 42.1 Å². The van der Waals surface area contributed by atoms with Crippen molar-refractivity contribution < 1.29 is 4.42 Å². The Morgan fingerprint density at radius 1 is 0.434 bits per heavy atom. The lowest BCUT2D eigenvalue weighted by atomic mass is 9.98. The summed E-state index contributed by atoms with van der Waals surface area (Å²) in [4.78, 5) is 7.37. The molecule has 3 nitrogen and oxygen atoms in total. The van der Waals surface area contributed by atoms with Gasteiger partial charge in [-0.1, -0.05) is 127 Å². The number of thiophene rings is 1. The zero-order chi connectivity index (χ0) is 34.9. The third kappa shape index (κ3) is 4.84. The van der Waals surface area contributed by atoms with Gasteiger partial charge >= 0.3 is 0 Å². The molecule has 248 valence electrons. The van der Waals surface area contributed by atoms with Crippen molar-refractivity contribution >= 4 is 92.0 Å². The Labute approximate surface area is 309 Å². The van der Waals surface area contributed by atoms with E-state index in [4.69, 9.17) is 9.40 Å². The smallest absolute Gasteiger partial charge is 0.227 e. The number of benzene rings is 9. The van der Waals surface area contributed by atoms with Crippen LogP contribution in [0.15, 0.2) is 186 Å². The van der Waals surface area contributed by atoms with Gasteiger partial charge in [-0.25, -0.2) is 4.98 Å².